The van der Waals surface area contributed by atoms with Gasteiger partial charge in [-0.2, -0.15) is 0 Å². The van der Waals surface area contributed by atoms with Gasteiger partial charge in [0.05, 0.1) is 35.1 Å². The molecular weight excluding hydrogens is 896 g/mol. The van der Waals surface area contributed by atoms with Crippen molar-refractivity contribution in [3.63, 3.8) is 0 Å². The number of fused-ring (bicyclic) bond motifs is 2. The monoisotopic (exact) mass is 931 g/mol. The maximum atomic E-state index is 14.7. The fourth-order valence-corrected chi connectivity index (χ4v) is 7.33. The highest BCUT2D eigenvalue weighted by Gasteiger charge is 2.41. The molecule has 1 unspecified atom stereocenters. The first-order valence-corrected chi connectivity index (χ1v) is 20.5. The zero-order chi connectivity index (χ0) is 46.1. The largest absolute Gasteiger partial charge is 0.481 e. The van der Waals surface area contributed by atoms with Gasteiger partial charge in [-0.3, -0.25) is 24.3 Å². The second kappa shape index (κ2) is 21.0. The fourth-order valence-electron chi connectivity index (χ4n) is 6.66. The van der Waals surface area contributed by atoms with Gasteiger partial charge in [-0.1, -0.05) is 40.7 Å². The summed E-state index contributed by atoms with van der Waals surface area (Å²) < 4.78 is 40.7. The molecule has 0 fully saturated rings. The number of carboxylic acids is 1. The summed E-state index contributed by atoms with van der Waals surface area (Å²) in [6.45, 7) is 0.957. The molecule has 0 radical (unpaired) electrons. The Labute approximate surface area is 381 Å². The number of rotatable bonds is 10. The van der Waals surface area contributed by atoms with Crippen LogP contribution >= 0.6 is 34.8 Å². The molecule has 1 aromatic heterocycles. The lowest BCUT2D eigenvalue weighted by molar-refractivity contribution is -0.148. The first kappa shape index (κ1) is 46.6. The topological polar surface area (TPSA) is 171 Å². The van der Waals surface area contributed by atoms with Crippen molar-refractivity contribution < 1.29 is 57.2 Å². The number of hydrogen-bond donors (Lipinski definition) is 1. The van der Waals surface area contributed by atoms with E-state index in [4.69, 9.17) is 65.3 Å². The number of aromatic nitrogens is 1. The van der Waals surface area contributed by atoms with Crippen LogP contribution in [0.25, 0.3) is 10.9 Å². The summed E-state index contributed by atoms with van der Waals surface area (Å²) >= 11 is 17.9. The van der Waals surface area contributed by atoms with Crippen LogP contribution < -0.4 is 28.7 Å². The van der Waals surface area contributed by atoms with Crippen LogP contribution in [-0.4, -0.2) is 72.7 Å². The lowest BCUT2D eigenvalue weighted by Gasteiger charge is -2.29. The number of ether oxygens (including phenoxy) is 5. The van der Waals surface area contributed by atoms with E-state index in [-0.39, 0.29) is 36.2 Å². The van der Waals surface area contributed by atoms with Crippen molar-refractivity contribution in [1.29, 1.82) is 0 Å². The lowest BCUT2D eigenvalue weighted by atomic mass is 9.93. The van der Waals surface area contributed by atoms with E-state index in [0.29, 0.717) is 67.6 Å². The minimum atomic E-state index is -1.03. The van der Waals surface area contributed by atoms with E-state index in [2.05, 4.69) is 15.6 Å². The van der Waals surface area contributed by atoms with Gasteiger partial charge in [0.15, 0.2) is 25.1 Å². The number of methoxy groups -OCH3 is 1. The molecule has 5 aromatic rings. The van der Waals surface area contributed by atoms with Gasteiger partial charge in [-0.05, 0) is 105 Å². The Balaban J connectivity index is 0.000000164. The molecule has 330 valence electrons. The molecule has 3 heterocycles. The average Bonchev–Trinajstić information content (AvgIpc) is 3.54. The van der Waals surface area contributed by atoms with Crippen LogP contribution in [0, 0.1) is 18.2 Å². The van der Waals surface area contributed by atoms with Gasteiger partial charge in [-0.15, -0.1) is 6.42 Å². The number of amides is 3. The van der Waals surface area contributed by atoms with Gasteiger partial charge >= 0.3 is 11.9 Å². The van der Waals surface area contributed by atoms with Crippen molar-refractivity contribution in [2.24, 2.45) is 0 Å². The molecule has 0 spiro atoms. The summed E-state index contributed by atoms with van der Waals surface area (Å²) in [5.41, 5.74) is 1.56. The van der Waals surface area contributed by atoms with E-state index in [1.807, 2.05) is 0 Å². The number of nitrogens with zero attached hydrogens (tertiary/aromatic N) is 3. The van der Waals surface area contributed by atoms with Crippen LogP contribution in [0.2, 0.25) is 15.1 Å². The van der Waals surface area contributed by atoms with E-state index in [9.17, 15) is 28.4 Å². The van der Waals surface area contributed by atoms with E-state index in [1.165, 1.54) is 18.1 Å². The first-order valence-electron chi connectivity index (χ1n) is 19.4. The molecule has 14 nitrogen and oxygen atoms in total. The van der Waals surface area contributed by atoms with E-state index in [1.54, 1.807) is 79.9 Å². The van der Waals surface area contributed by atoms with Gasteiger partial charge < -0.3 is 28.8 Å². The van der Waals surface area contributed by atoms with Gasteiger partial charge in [0.1, 0.15) is 34.3 Å². The van der Waals surface area contributed by atoms with Crippen molar-refractivity contribution in [3.05, 3.63) is 117 Å². The quantitative estimate of drug-likeness (QED) is 0.0802. The van der Waals surface area contributed by atoms with Crippen LogP contribution in [0.5, 0.6) is 28.7 Å². The third kappa shape index (κ3) is 10.8. The zero-order valence-corrected chi connectivity index (χ0v) is 36.3. The van der Waals surface area contributed by atoms with E-state index < -0.39 is 42.3 Å². The molecule has 1 aliphatic carbocycles. The summed E-state index contributed by atoms with van der Waals surface area (Å²) in [4.78, 5) is 65.4. The first-order chi connectivity index (χ1) is 30.7. The number of anilines is 2. The summed E-state index contributed by atoms with van der Waals surface area (Å²) in [6, 6.07) is 21.0. The van der Waals surface area contributed by atoms with Crippen LogP contribution in [0.1, 0.15) is 32.6 Å². The van der Waals surface area contributed by atoms with Crippen molar-refractivity contribution in [2.45, 2.75) is 38.7 Å². The summed E-state index contributed by atoms with van der Waals surface area (Å²) in [6.07, 6.45) is 8.94. The number of carbonyl (C=O) groups is 5. The van der Waals surface area contributed by atoms with Crippen LogP contribution in [0.3, 0.4) is 0 Å². The Hall–Kier alpha value is -6.86. The predicted molar refractivity (Wildman–Crippen MR) is 236 cm³/mol. The number of carboxylic acid groups (broad SMARTS) is 1. The molecule has 1 N–H and O–H groups in total. The van der Waals surface area contributed by atoms with E-state index >= 15 is 0 Å². The standard InChI is InChI=1S/C19H15FN2O4.C16H14Cl2O4.C11H8ClNO3/c1-2-7-21-15-9-14(13(20)8-16(15)26-10-17(21)23)22-18(24)11-5-3-4-6-12(11)19(22)25;1-10(16(19)20-2)21-12-4-6-13(7-5-12)22-15-8-3-11(17)9-14(15)18;12-8-3-4-9(16-6-10(14)15)11-7(8)2-1-5-13-11/h1,8-9H,3-7,10H2;3-10H,1-2H3;1-5H,6H2,(H,14,15). The molecule has 2 aliphatic heterocycles. The number of pyridine rings is 1. The number of benzene rings is 4. The van der Waals surface area contributed by atoms with Gasteiger partial charge in [0.25, 0.3) is 17.7 Å². The van der Waals surface area contributed by atoms with Crippen molar-refractivity contribution in [3.8, 4) is 41.1 Å². The predicted octanol–water partition coefficient (Wildman–Crippen LogP) is 9.01. The molecule has 4 aromatic carbocycles. The van der Waals surface area contributed by atoms with Gasteiger partial charge in [-0.25, -0.2) is 18.9 Å². The SMILES string of the molecule is C#CCN1C(=O)COc2cc(F)c(N3C(=O)C4=C(CCCC4)C3=O)cc21.COC(=O)C(C)Oc1ccc(Oc2ccc(Cl)cc2Cl)cc1.O=C(O)COc1ccc(Cl)c2cccnc12. The van der Waals surface area contributed by atoms with Crippen LogP contribution in [0.15, 0.2) is 96.2 Å². The smallest absolute Gasteiger partial charge is 0.346 e. The minimum Gasteiger partial charge on any atom is -0.481 e. The molecule has 3 amide bonds. The highest BCUT2D eigenvalue weighted by molar-refractivity contribution is 6.36. The number of esters is 1. The second-order valence-corrected chi connectivity index (χ2v) is 15.2. The van der Waals surface area contributed by atoms with Crippen molar-refractivity contribution >= 4 is 86.7 Å². The third-order valence-electron chi connectivity index (χ3n) is 9.67. The number of carbonyl (C=O) groups excluding carboxylic acids is 4. The number of halogens is 4. The highest BCUT2D eigenvalue weighted by atomic mass is 35.5. The summed E-state index contributed by atoms with van der Waals surface area (Å²) in [7, 11) is 1.31. The normalized spacial score (nSPS) is 14.4. The Morgan fingerprint density at radius 2 is 1.58 bits per heavy atom. The van der Waals surface area contributed by atoms with Crippen molar-refractivity contribution in [2.75, 3.05) is 36.7 Å². The fraction of sp³-hybridized carbons (Fsp3) is 0.217. The minimum absolute atomic E-state index is 0.0170. The van der Waals surface area contributed by atoms with Gasteiger partial charge in [0, 0.05) is 33.8 Å². The lowest BCUT2D eigenvalue weighted by Crippen LogP contribution is -2.39. The molecule has 0 bridgehead atoms. The highest BCUT2D eigenvalue weighted by Crippen LogP contribution is 2.42. The Bertz CT molecular complexity index is 2680. The Morgan fingerprint density at radius 1 is 0.906 bits per heavy atom. The zero-order valence-electron chi connectivity index (χ0n) is 34.1. The average molecular weight is 933 g/mol. The maximum absolute atomic E-state index is 14.7. The maximum Gasteiger partial charge on any atom is 0.346 e. The summed E-state index contributed by atoms with van der Waals surface area (Å²) in [5, 5.41) is 10.8. The molecule has 1 atom stereocenters. The van der Waals surface area contributed by atoms with Gasteiger partial charge in [0.2, 0.25) is 0 Å². The molecule has 64 heavy (non-hydrogen) atoms. The van der Waals surface area contributed by atoms with Crippen LogP contribution in [-0.2, 0) is 28.7 Å². The second-order valence-electron chi connectivity index (χ2n) is 13.9. The number of imide groups is 1. The number of terminal acetylenes is 1. The van der Waals surface area contributed by atoms with E-state index in [0.717, 1.165) is 29.2 Å². The third-order valence-corrected chi connectivity index (χ3v) is 10.5. The molecule has 0 saturated heterocycles. The molecule has 3 aliphatic rings. The number of hydrogen-bond acceptors (Lipinski definition) is 11. The molecule has 0 saturated carbocycles. The van der Waals surface area contributed by atoms with Crippen LogP contribution in [0.4, 0.5) is 15.8 Å². The van der Waals surface area contributed by atoms with Crippen molar-refractivity contribution in [1.82, 2.24) is 4.98 Å². The molecule has 8 rings (SSSR count). The number of aliphatic carboxylic acids is 1. The summed E-state index contributed by atoms with van der Waals surface area (Å²) in [5.74, 6) is 0.982. The Kier molecular flexibility index (Phi) is 15.3. The molecule has 18 heteroatoms. The molecular formula is C46H37Cl3FN3O11. The Morgan fingerprint density at radius 3 is 2.22 bits per heavy atom.